The van der Waals surface area contributed by atoms with Crippen LogP contribution in [-0.4, -0.2) is 57.0 Å². The first-order valence-corrected chi connectivity index (χ1v) is 12.9. The summed E-state index contributed by atoms with van der Waals surface area (Å²) in [5.41, 5.74) is 2.36. The van der Waals surface area contributed by atoms with E-state index in [0.29, 0.717) is 18.9 Å². The summed E-state index contributed by atoms with van der Waals surface area (Å²) < 4.78 is 25.0. The third kappa shape index (κ3) is 8.64. The van der Waals surface area contributed by atoms with Gasteiger partial charge in [0, 0.05) is 32.0 Å². The third-order valence-electron chi connectivity index (χ3n) is 5.24. The number of aromatic nitrogens is 4. The Bertz CT molecular complexity index is 1310. The van der Waals surface area contributed by atoms with Crippen LogP contribution >= 0.6 is 0 Å². The number of carbonyl (C=O) groups is 2. The van der Waals surface area contributed by atoms with E-state index in [4.69, 9.17) is 18.9 Å². The summed E-state index contributed by atoms with van der Waals surface area (Å²) in [6.07, 6.45) is 1.33. The number of hydrogen-bond donors (Lipinski definition) is 2. The monoisotopic (exact) mass is 556 g/mol. The molecular formula is C27H36N6O7. The molecule has 0 aliphatic heterocycles. The van der Waals surface area contributed by atoms with Crippen molar-refractivity contribution in [3.05, 3.63) is 76.0 Å². The zero-order chi connectivity index (χ0) is 29.1. The second-order valence-corrected chi connectivity index (χ2v) is 9.50. The number of ether oxygens (including phenoxy) is 4. The smallest absolute Gasteiger partial charge is 0.426 e. The Morgan fingerprint density at radius 3 is 2.40 bits per heavy atom. The Labute approximate surface area is 232 Å². The van der Waals surface area contributed by atoms with Crippen LogP contribution in [0.25, 0.3) is 0 Å². The molecule has 0 bridgehead atoms. The van der Waals surface area contributed by atoms with Gasteiger partial charge in [-0.3, -0.25) is 9.59 Å². The number of benzene rings is 1. The van der Waals surface area contributed by atoms with E-state index in [1.807, 2.05) is 44.2 Å². The van der Waals surface area contributed by atoms with Crippen LogP contribution in [0, 0.1) is 0 Å². The highest BCUT2D eigenvalue weighted by atomic mass is 16.7. The summed E-state index contributed by atoms with van der Waals surface area (Å²) in [5.74, 6) is -0.890. The minimum Gasteiger partial charge on any atom is -0.482 e. The largest absolute Gasteiger partial charge is 0.482 e. The van der Waals surface area contributed by atoms with E-state index < -0.39 is 29.3 Å². The van der Waals surface area contributed by atoms with Gasteiger partial charge in [0.25, 0.3) is 5.91 Å². The first-order valence-electron chi connectivity index (χ1n) is 12.9. The van der Waals surface area contributed by atoms with E-state index in [0.717, 1.165) is 10.2 Å². The van der Waals surface area contributed by atoms with Crippen molar-refractivity contribution >= 4 is 12.0 Å². The standard InChI is InChI=1S/C27H36N6O7/c1-6-37-25(38-7-2)20-17-29-31-32(20)16-14-28-24(35)22-23(39-18-19-11-9-8-10-12-19)21(34)13-15-33(22)30-26(36)40-27(3,4)5/h8-13,15,17,25H,6-7,14,16,18H2,1-5H3,(H,28,35)(H,30,36). The van der Waals surface area contributed by atoms with Gasteiger partial charge >= 0.3 is 6.09 Å². The van der Waals surface area contributed by atoms with Crippen molar-refractivity contribution in [3.8, 4) is 5.75 Å². The lowest BCUT2D eigenvalue weighted by Crippen LogP contribution is -2.38. The number of carbonyl (C=O) groups excluding carboxylic acids is 2. The van der Waals surface area contributed by atoms with Gasteiger partial charge in [0.15, 0.2) is 11.4 Å². The highest BCUT2D eigenvalue weighted by Crippen LogP contribution is 2.18. The Morgan fingerprint density at radius 1 is 1.05 bits per heavy atom. The van der Waals surface area contributed by atoms with E-state index >= 15 is 0 Å². The van der Waals surface area contributed by atoms with Crippen LogP contribution in [0.2, 0.25) is 0 Å². The van der Waals surface area contributed by atoms with E-state index in [-0.39, 0.29) is 31.1 Å². The maximum absolute atomic E-state index is 13.4. The van der Waals surface area contributed by atoms with Crippen molar-refractivity contribution < 1.29 is 28.5 Å². The van der Waals surface area contributed by atoms with Crippen molar-refractivity contribution in [2.75, 3.05) is 25.2 Å². The molecule has 1 aromatic carbocycles. The summed E-state index contributed by atoms with van der Waals surface area (Å²) in [5, 5.41) is 10.7. The van der Waals surface area contributed by atoms with Crippen LogP contribution in [-0.2, 0) is 27.4 Å². The third-order valence-corrected chi connectivity index (χ3v) is 5.24. The van der Waals surface area contributed by atoms with Gasteiger partial charge in [0.1, 0.15) is 17.9 Å². The Hall–Kier alpha value is -4.23. The molecular weight excluding hydrogens is 520 g/mol. The molecule has 2 N–H and O–H groups in total. The molecule has 0 aliphatic carbocycles. The van der Waals surface area contributed by atoms with E-state index in [1.165, 1.54) is 18.5 Å². The number of amides is 2. The number of nitrogens with zero attached hydrogens (tertiary/aromatic N) is 4. The molecule has 13 nitrogen and oxygen atoms in total. The molecule has 3 rings (SSSR count). The van der Waals surface area contributed by atoms with Gasteiger partial charge in [-0.2, -0.15) is 0 Å². The molecule has 0 saturated heterocycles. The SMILES string of the molecule is CCOC(OCC)c1cnnn1CCNC(=O)c1c(OCc2ccccc2)c(=O)ccn1NC(=O)OC(C)(C)C. The summed E-state index contributed by atoms with van der Waals surface area (Å²) in [6.45, 7) is 10.0. The lowest BCUT2D eigenvalue weighted by molar-refractivity contribution is -0.144. The average Bonchev–Trinajstić information content (AvgIpc) is 3.36. The van der Waals surface area contributed by atoms with Crippen molar-refractivity contribution in [2.24, 2.45) is 0 Å². The number of nitrogens with one attached hydrogen (secondary N) is 2. The van der Waals surface area contributed by atoms with Crippen molar-refractivity contribution in [3.63, 3.8) is 0 Å². The topological polar surface area (TPSA) is 148 Å². The van der Waals surface area contributed by atoms with Crippen LogP contribution in [0.1, 0.15) is 62.7 Å². The molecule has 2 amide bonds. The van der Waals surface area contributed by atoms with Gasteiger partial charge < -0.3 is 24.3 Å². The average molecular weight is 557 g/mol. The normalized spacial score (nSPS) is 11.3. The summed E-state index contributed by atoms with van der Waals surface area (Å²) in [7, 11) is 0. The van der Waals surface area contributed by atoms with Gasteiger partial charge in [0.2, 0.25) is 11.7 Å². The highest BCUT2D eigenvalue weighted by molar-refractivity contribution is 5.96. The van der Waals surface area contributed by atoms with Gasteiger partial charge in [-0.25, -0.2) is 19.6 Å². The molecule has 3 aromatic rings. The van der Waals surface area contributed by atoms with Crippen LogP contribution in [0.3, 0.4) is 0 Å². The van der Waals surface area contributed by atoms with Crippen LogP contribution in [0.5, 0.6) is 5.75 Å². The minimum atomic E-state index is -0.815. The molecule has 216 valence electrons. The minimum absolute atomic E-state index is 0.0331. The zero-order valence-corrected chi connectivity index (χ0v) is 23.4. The molecule has 40 heavy (non-hydrogen) atoms. The Morgan fingerprint density at radius 2 is 1.75 bits per heavy atom. The van der Waals surface area contributed by atoms with Crippen LogP contribution in [0.15, 0.2) is 53.6 Å². The molecule has 13 heteroatoms. The molecule has 0 spiro atoms. The molecule has 2 aromatic heterocycles. The number of pyridine rings is 1. The molecule has 0 radical (unpaired) electrons. The predicted octanol–water partition coefficient (Wildman–Crippen LogP) is 3.00. The van der Waals surface area contributed by atoms with Crippen molar-refractivity contribution in [2.45, 2.75) is 59.7 Å². The molecule has 0 aliphatic rings. The summed E-state index contributed by atoms with van der Waals surface area (Å²) in [4.78, 5) is 38.8. The first kappa shape index (κ1) is 30.3. The molecule has 0 fully saturated rings. The maximum Gasteiger partial charge on any atom is 0.426 e. The van der Waals surface area contributed by atoms with Gasteiger partial charge in [0.05, 0.1) is 12.7 Å². The number of hydrogen-bond acceptors (Lipinski definition) is 9. The Balaban J connectivity index is 1.83. The molecule has 0 unspecified atom stereocenters. The lowest BCUT2D eigenvalue weighted by atomic mass is 10.2. The van der Waals surface area contributed by atoms with Crippen LogP contribution in [0.4, 0.5) is 4.79 Å². The van der Waals surface area contributed by atoms with Crippen LogP contribution < -0.4 is 20.9 Å². The van der Waals surface area contributed by atoms with E-state index in [2.05, 4.69) is 21.1 Å². The van der Waals surface area contributed by atoms with Gasteiger partial charge in [-0.1, -0.05) is 35.5 Å². The maximum atomic E-state index is 13.4. The van der Waals surface area contributed by atoms with Gasteiger partial charge in [-0.05, 0) is 40.2 Å². The summed E-state index contributed by atoms with van der Waals surface area (Å²) >= 11 is 0. The fourth-order valence-corrected chi connectivity index (χ4v) is 3.60. The summed E-state index contributed by atoms with van der Waals surface area (Å²) in [6, 6.07) is 10.4. The molecule has 0 atom stereocenters. The zero-order valence-electron chi connectivity index (χ0n) is 23.4. The van der Waals surface area contributed by atoms with Gasteiger partial charge in [-0.15, -0.1) is 5.10 Å². The lowest BCUT2D eigenvalue weighted by Gasteiger charge is -2.22. The van der Waals surface area contributed by atoms with E-state index in [9.17, 15) is 14.4 Å². The molecule has 0 saturated carbocycles. The number of rotatable bonds is 13. The van der Waals surface area contributed by atoms with Crippen molar-refractivity contribution in [1.82, 2.24) is 25.0 Å². The Kier molecular flexibility index (Phi) is 10.8. The first-order chi connectivity index (χ1) is 19.1. The second kappa shape index (κ2) is 14.2. The molecule has 2 heterocycles. The van der Waals surface area contributed by atoms with E-state index in [1.54, 1.807) is 25.5 Å². The highest BCUT2D eigenvalue weighted by Gasteiger charge is 2.24. The van der Waals surface area contributed by atoms with Crippen molar-refractivity contribution in [1.29, 1.82) is 0 Å². The fourth-order valence-electron chi connectivity index (χ4n) is 3.60. The fraction of sp³-hybridized carbons (Fsp3) is 0.444. The quantitative estimate of drug-likeness (QED) is 0.303. The second-order valence-electron chi connectivity index (χ2n) is 9.50. The predicted molar refractivity (Wildman–Crippen MR) is 145 cm³/mol.